The molecule has 20 heavy (non-hydrogen) atoms. The molecule has 6 nitrogen and oxygen atoms in total. The third-order valence-corrected chi connectivity index (χ3v) is 4.65. The topological polar surface area (TPSA) is 63.9 Å². The average molecular weight is 310 g/mol. The number of benzene rings is 1. The van der Waals surface area contributed by atoms with Gasteiger partial charge in [-0.1, -0.05) is 23.4 Å². The number of carbonyl (C=O) groups excluding carboxylic acids is 1. The highest BCUT2D eigenvalue weighted by molar-refractivity contribution is 8.00. The predicted octanol–water partition coefficient (Wildman–Crippen LogP) is 1.76. The molecule has 1 amide bonds. The molecule has 3 rings (SSSR count). The van der Waals surface area contributed by atoms with E-state index in [1.54, 1.807) is 28.8 Å². The molecule has 1 aromatic carbocycles. The van der Waals surface area contributed by atoms with Crippen molar-refractivity contribution in [2.75, 3.05) is 11.4 Å². The van der Waals surface area contributed by atoms with Crippen molar-refractivity contribution in [3.63, 3.8) is 0 Å². The van der Waals surface area contributed by atoms with Gasteiger partial charge >= 0.3 is 0 Å². The lowest BCUT2D eigenvalue weighted by Gasteiger charge is -2.16. The Balaban J connectivity index is 1.74. The highest BCUT2D eigenvalue weighted by Crippen LogP contribution is 2.32. The second-order valence-electron chi connectivity index (χ2n) is 4.45. The lowest BCUT2D eigenvalue weighted by atomic mass is 10.3. The van der Waals surface area contributed by atoms with Gasteiger partial charge in [0.15, 0.2) is 0 Å². The van der Waals surface area contributed by atoms with Gasteiger partial charge in [-0.3, -0.25) is 4.79 Å². The molecule has 1 saturated heterocycles. The molecule has 0 N–H and O–H groups in total. The third kappa shape index (κ3) is 2.51. The number of hydrogen-bond acceptors (Lipinski definition) is 5. The second-order valence-corrected chi connectivity index (χ2v) is 6.05. The molecule has 8 heteroatoms. The minimum atomic E-state index is -0.143. The van der Waals surface area contributed by atoms with Crippen LogP contribution in [0.3, 0.4) is 0 Å². The lowest BCUT2D eigenvalue weighted by Crippen LogP contribution is -2.28. The molecule has 0 spiro atoms. The number of rotatable bonds is 3. The number of nitrogens with zero attached hydrogens (tertiary/aromatic N) is 5. The van der Waals surface area contributed by atoms with E-state index >= 15 is 0 Å². The summed E-state index contributed by atoms with van der Waals surface area (Å²) in [4.78, 5) is 14.2. The molecule has 1 atom stereocenters. The van der Waals surface area contributed by atoms with Gasteiger partial charge in [-0.05, 0) is 41.1 Å². The second kappa shape index (κ2) is 5.41. The highest BCUT2D eigenvalue weighted by Gasteiger charge is 2.34. The number of amides is 1. The van der Waals surface area contributed by atoms with Crippen LogP contribution in [-0.2, 0) is 11.8 Å². The van der Waals surface area contributed by atoms with Crippen molar-refractivity contribution in [1.29, 1.82) is 0 Å². The summed E-state index contributed by atoms with van der Waals surface area (Å²) in [5.41, 5.74) is 0.874. The Morgan fingerprint density at radius 1 is 1.35 bits per heavy atom. The summed E-state index contributed by atoms with van der Waals surface area (Å²) in [7, 11) is 1.76. The Kier molecular flexibility index (Phi) is 3.62. The summed E-state index contributed by atoms with van der Waals surface area (Å²) in [6, 6.07) is 7.29. The molecule has 0 saturated carbocycles. The fourth-order valence-electron chi connectivity index (χ4n) is 2.09. The Bertz CT molecular complexity index is 629. The van der Waals surface area contributed by atoms with Crippen molar-refractivity contribution in [1.82, 2.24) is 20.2 Å². The van der Waals surface area contributed by atoms with Crippen molar-refractivity contribution < 1.29 is 4.79 Å². The van der Waals surface area contributed by atoms with E-state index < -0.39 is 0 Å². The van der Waals surface area contributed by atoms with Gasteiger partial charge in [0.25, 0.3) is 0 Å². The first kappa shape index (κ1) is 13.4. The van der Waals surface area contributed by atoms with Crippen LogP contribution in [0.5, 0.6) is 0 Å². The molecule has 1 aliphatic rings. The SMILES string of the molecule is Cn1nnnc1S[C@@H]1CCN(c2ccc(Cl)cc2)C1=O. The van der Waals surface area contributed by atoms with Gasteiger partial charge in [-0.2, -0.15) is 0 Å². The summed E-state index contributed by atoms with van der Waals surface area (Å²) < 4.78 is 1.57. The molecule has 0 radical (unpaired) electrons. The zero-order valence-corrected chi connectivity index (χ0v) is 12.3. The van der Waals surface area contributed by atoms with Crippen LogP contribution >= 0.6 is 23.4 Å². The maximum atomic E-state index is 12.4. The van der Waals surface area contributed by atoms with Crippen LogP contribution in [0.15, 0.2) is 29.4 Å². The summed E-state index contributed by atoms with van der Waals surface area (Å²) in [5.74, 6) is 0.0836. The number of anilines is 1. The maximum absolute atomic E-state index is 12.4. The molecule has 2 aromatic rings. The first-order chi connectivity index (χ1) is 9.65. The fourth-order valence-corrected chi connectivity index (χ4v) is 3.19. The summed E-state index contributed by atoms with van der Waals surface area (Å²) in [6.07, 6.45) is 0.777. The first-order valence-corrected chi connectivity index (χ1v) is 7.37. The number of aromatic nitrogens is 4. The van der Waals surface area contributed by atoms with Crippen molar-refractivity contribution in [3.05, 3.63) is 29.3 Å². The maximum Gasteiger partial charge on any atom is 0.240 e. The van der Waals surface area contributed by atoms with Crippen LogP contribution in [0, 0.1) is 0 Å². The van der Waals surface area contributed by atoms with Gasteiger partial charge in [0, 0.05) is 24.3 Å². The molecule has 0 unspecified atom stereocenters. The van der Waals surface area contributed by atoms with Crippen molar-refractivity contribution in [3.8, 4) is 0 Å². The minimum absolute atomic E-state index is 0.0836. The minimum Gasteiger partial charge on any atom is -0.311 e. The standard InChI is InChI=1S/C12H12ClN5OS/c1-17-12(14-15-16-17)20-10-6-7-18(11(10)19)9-4-2-8(13)3-5-9/h2-5,10H,6-7H2,1H3/t10-/m1/s1. The van der Waals surface area contributed by atoms with E-state index in [1.807, 2.05) is 12.1 Å². The van der Waals surface area contributed by atoms with E-state index in [9.17, 15) is 4.79 Å². The fraction of sp³-hybridized carbons (Fsp3) is 0.333. The van der Waals surface area contributed by atoms with Crippen molar-refractivity contribution >= 4 is 35.0 Å². The predicted molar refractivity (Wildman–Crippen MR) is 76.9 cm³/mol. The summed E-state index contributed by atoms with van der Waals surface area (Å²) in [5, 5.41) is 12.4. The molecule has 0 bridgehead atoms. The van der Waals surface area contributed by atoms with E-state index in [2.05, 4.69) is 15.5 Å². The summed E-state index contributed by atoms with van der Waals surface area (Å²) >= 11 is 7.27. The van der Waals surface area contributed by atoms with Gasteiger partial charge in [-0.15, -0.1) is 5.10 Å². The molecule has 2 heterocycles. The highest BCUT2D eigenvalue weighted by atomic mass is 35.5. The normalized spacial score (nSPS) is 18.8. The first-order valence-electron chi connectivity index (χ1n) is 6.11. The van der Waals surface area contributed by atoms with E-state index in [0.717, 1.165) is 12.1 Å². The zero-order chi connectivity index (χ0) is 14.1. The van der Waals surface area contributed by atoms with Crippen LogP contribution in [0.25, 0.3) is 0 Å². The van der Waals surface area contributed by atoms with Crippen LogP contribution in [0.2, 0.25) is 5.02 Å². The van der Waals surface area contributed by atoms with Gasteiger partial charge in [0.1, 0.15) is 0 Å². The number of thioether (sulfide) groups is 1. The Morgan fingerprint density at radius 2 is 2.10 bits per heavy atom. The van der Waals surface area contributed by atoms with Crippen molar-refractivity contribution in [2.45, 2.75) is 16.8 Å². The Morgan fingerprint density at radius 3 is 2.75 bits per heavy atom. The smallest absolute Gasteiger partial charge is 0.240 e. The average Bonchev–Trinajstić information content (AvgIpc) is 3.00. The molecule has 1 fully saturated rings. The lowest BCUT2D eigenvalue weighted by molar-refractivity contribution is -0.116. The number of tetrazole rings is 1. The number of hydrogen-bond donors (Lipinski definition) is 0. The van der Waals surface area contributed by atoms with Crippen LogP contribution in [0.1, 0.15) is 6.42 Å². The molecule has 0 aliphatic carbocycles. The van der Waals surface area contributed by atoms with Crippen LogP contribution in [0.4, 0.5) is 5.69 Å². The third-order valence-electron chi connectivity index (χ3n) is 3.12. The molecular weight excluding hydrogens is 298 g/mol. The van der Waals surface area contributed by atoms with E-state index in [-0.39, 0.29) is 11.2 Å². The van der Waals surface area contributed by atoms with E-state index in [4.69, 9.17) is 11.6 Å². The largest absolute Gasteiger partial charge is 0.311 e. The van der Waals surface area contributed by atoms with Crippen molar-refractivity contribution in [2.24, 2.45) is 7.05 Å². The Hall–Kier alpha value is -1.60. The van der Waals surface area contributed by atoms with Crippen LogP contribution < -0.4 is 4.90 Å². The number of aryl methyl sites for hydroxylation is 1. The van der Waals surface area contributed by atoms with E-state index in [0.29, 0.717) is 16.7 Å². The molecule has 1 aromatic heterocycles. The monoisotopic (exact) mass is 309 g/mol. The van der Waals surface area contributed by atoms with E-state index in [1.165, 1.54) is 11.8 Å². The van der Waals surface area contributed by atoms with Gasteiger partial charge in [-0.25, -0.2) is 4.68 Å². The van der Waals surface area contributed by atoms with Gasteiger partial charge < -0.3 is 4.90 Å². The molecule has 104 valence electrons. The van der Waals surface area contributed by atoms with Gasteiger partial charge in [0.2, 0.25) is 11.1 Å². The Labute approximate surface area is 125 Å². The van der Waals surface area contributed by atoms with Gasteiger partial charge in [0.05, 0.1) is 5.25 Å². The molecule has 1 aliphatic heterocycles. The van der Waals surface area contributed by atoms with Crippen LogP contribution in [-0.4, -0.2) is 37.9 Å². The number of carbonyl (C=O) groups is 1. The zero-order valence-electron chi connectivity index (χ0n) is 10.7. The number of halogens is 1. The quantitative estimate of drug-likeness (QED) is 0.864. The summed E-state index contributed by atoms with van der Waals surface area (Å²) in [6.45, 7) is 0.698. The molecular formula is C12H12ClN5OS.